The van der Waals surface area contributed by atoms with Crippen LogP contribution in [0.25, 0.3) is 0 Å². The van der Waals surface area contributed by atoms with Crippen molar-refractivity contribution in [3.8, 4) is 0 Å². The molecule has 0 saturated carbocycles. The molecule has 1 N–H and O–H groups in total. The van der Waals surface area contributed by atoms with Crippen LogP contribution in [0.3, 0.4) is 0 Å². The molecule has 3 rings (SSSR count). The lowest BCUT2D eigenvalue weighted by molar-refractivity contribution is -0.384. The zero-order valence-corrected chi connectivity index (χ0v) is 15.1. The molecule has 1 aliphatic heterocycles. The molecule has 0 spiro atoms. The maximum Gasteiger partial charge on any atom is 0.270 e. The molecule has 1 atom stereocenters. The van der Waals surface area contributed by atoms with Crippen LogP contribution < -0.4 is 5.32 Å². The fourth-order valence-electron chi connectivity index (χ4n) is 3.03. The van der Waals surface area contributed by atoms with Crippen molar-refractivity contribution in [2.24, 2.45) is 0 Å². The van der Waals surface area contributed by atoms with E-state index in [1.54, 1.807) is 11.3 Å². The standard InChI is InChI=1S/C17H18ClN3O3S/c18-14-10-12(21(23)24)5-6-13(14)17(22)19-11-15(16-4-3-9-25-16)20-7-1-2-8-20/h3-6,9-10,15H,1-2,7-8,11H2,(H,19,22). The average Bonchev–Trinajstić information content (AvgIpc) is 3.28. The van der Waals surface area contributed by atoms with Gasteiger partial charge in [0.15, 0.2) is 0 Å². The van der Waals surface area contributed by atoms with E-state index in [1.165, 1.54) is 35.9 Å². The first-order chi connectivity index (χ1) is 12.1. The van der Waals surface area contributed by atoms with Gasteiger partial charge in [0.25, 0.3) is 11.6 Å². The summed E-state index contributed by atoms with van der Waals surface area (Å²) in [6, 6.07) is 8.12. The minimum atomic E-state index is -0.534. The number of nitrogens with zero attached hydrogens (tertiary/aromatic N) is 2. The zero-order valence-electron chi connectivity index (χ0n) is 13.5. The van der Waals surface area contributed by atoms with Crippen LogP contribution in [0.1, 0.15) is 34.1 Å². The molecule has 2 heterocycles. The van der Waals surface area contributed by atoms with Gasteiger partial charge >= 0.3 is 0 Å². The molecule has 1 saturated heterocycles. The molecular formula is C17H18ClN3O3S. The Balaban J connectivity index is 1.70. The molecule has 25 heavy (non-hydrogen) atoms. The number of carbonyl (C=O) groups excluding carboxylic acids is 1. The number of likely N-dealkylation sites (tertiary alicyclic amines) is 1. The average molecular weight is 380 g/mol. The first-order valence-corrected chi connectivity index (χ1v) is 9.31. The Morgan fingerprint density at radius 3 is 2.72 bits per heavy atom. The van der Waals surface area contributed by atoms with Crippen molar-refractivity contribution in [2.45, 2.75) is 18.9 Å². The van der Waals surface area contributed by atoms with Crippen molar-refractivity contribution in [1.29, 1.82) is 0 Å². The fraction of sp³-hybridized carbons (Fsp3) is 0.353. The smallest absolute Gasteiger partial charge is 0.270 e. The van der Waals surface area contributed by atoms with Gasteiger partial charge in [-0.1, -0.05) is 17.7 Å². The second-order valence-electron chi connectivity index (χ2n) is 5.91. The van der Waals surface area contributed by atoms with E-state index in [0.717, 1.165) is 13.1 Å². The highest BCUT2D eigenvalue weighted by Gasteiger charge is 2.25. The summed E-state index contributed by atoms with van der Waals surface area (Å²) in [7, 11) is 0. The highest BCUT2D eigenvalue weighted by atomic mass is 35.5. The lowest BCUT2D eigenvalue weighted by atomic mass is 10.1. The Kier molecular flexibility index (Phi) is 5.67. The topological polar surface area (TPSA) is 75.5 Å². The molecule has 6 nitrogen and oxygen atoms in total. The number of nitro groups is 1. The maximum absolute atomic E-state index is 12.5. The Hall–Kier alpha value is -1.96. The van der Waals surface area contributed by atoms with Gasteiger partial charge in [-0.05, 0) is 43.4 Å². The Bertz CT molecular complexity index is 761. The van der Waals surface area contributed by atoms with E-state index in [-0.39, 0.29) is 28.2 Å². The van der Waals surface area contributed by atoms with E-state index >= 15 is 0 Å². The van der Waals surface area contributed by atoms with Gasteiger partial charge in [-0.15, -0.1) is 11.3 Å². The van der Waals surface area contributed by atoms with E-state index in [0.29, 0.717) is 6.54 Å². The van der Waals surface area contributed by atoms with Crippen LogP contribution in [0.15, 0.2) is 35.7 Å². The summed E-state index contributed by atoms with van der Waals surface area (Å²) >= 11 is 7.72. The molecule has 1 fully saturated rings. The number of hydrogen-bond donors (Lipinski definition) is 1. The number of nitrogens with one attached hydrogen (secondary N) is 1. The lowest BCUT2D eigenvalue weighted by Gasteiger charge is -2.27. The van der Waals surface area contributed by atoms with Gasteiger partial charge < -0.3 is 5.32 Å². The summed E-state index contributed by atoms with van der Waals surface area (Å²) in [5, 5.41) is 15.8. The molecule has 1 unspecified atom stereocenters. The maximum atomic E-state index is 12.5. The quantitative estimate of drug-likeness (QED) is 0.610. The Morgan fingerprint density at radius 2 is 2.12 bits per heavy atom. The van der Waals surface area contributed by atoms with Crippen molar-refractivity contribution in [3.05, 3.63) is 61.3 Å². The van der Waals surface area contributed by atoms with Crippen LogP contribution >= 0.6 is 22.9 Å². The molecule has 1 aliphatic rings. The SMILES string of the molecule is O=C(NCC(c1cccs1)N1CCCC1)c1ccc([N+](=O)[O-])cc1Cl. The summed E-state index contributed by atoms with van der Waals surface area (Å²) in [5.41, 5.74) is 0.119. The summed E-state index contributed by atoms with van der Waals surface area (Å²) in [6.45, 7) is 2.53. The van der Waals surface area contributed by atoms with Crippen molar-refractivity contribution in [1.82, 2.24) is 10.2 Å². The normalized spacial score (nSPS) is 15.9. The van der Waals surface area contributed by atoms with Crippen LogP contribution in [0, 0.1) is 10.1 Å². The lowest BCUT2D eigenvalue weighted by Crippen LogP contribution is -2.36. The zero-order chi connectivity index (χ0) is 17.8. The van der Waals surface area contributed by atoms with E-state index in [9.17, 15) is 14.9 Å². The second-order valence-corrected chi connectivity index (χ2v) is 7.29. The number of non-ortho nitro benzene ring substituents is 1. The second kappa shape index (κ2) is 7.95. The molecule has 132 valence electrons. The number of carbonyl (C=O) groups is 1. The summed E-state index contributed by atoms with van der Waals surface area (Å²) in [5.74, 6) is -0.319. The third-order valence-corrected chi connectivity index (χ3v) is 5.60. The van der Waals surface area contributed by atoms with Crippen LogP contribution in [-0.4, -0.2) is 35.4 Å². The molecule has 8 heteroatoms. The predicted molar refractivity (Wildman–Crippen MR) is 98.3 cm³/mol. The molecule has 1 aromatic heterocycles. The van der Waals surface area contributed by atoms with Gasteiger partial charge in [0.2, 0.25) is 0 Å². The van der Waals surface area contributed by atoms with E-state index in [1.807, 2.05) is 11.4 Å². The van der Waals surface area contributed by atoms with Crippen molar-refractivity contribution >= 4 is 34.5 Å². The van der Waals surface area contributed by atoms with E-state index in [4.69, 9.17) is 11.6 Å². The van der Waals surface area contributed by atoms with Gasteiger partial charge in [0.05, 0.1) is 21.6 Å². The minimum Gasteiger partial charge on any atom is -0.350 e. The summed E-state index contributed by atoms with van der Waals surface area (Å²) < 4.78 is 0. The first-order valence-electron chi connectivity index (χ1n) is 8.06. The monoisotopic (exact) mass is 379 g/mol. The van der Waals surface area contributed by atoms with Gasteiger partial charge in [-0.3, -0.25) is 19.8 Å². The largest absolute Gasteiger partial charge is 0.350 e. The minimum absolute atomic E-state index is 0.0838. The van der Waals surface area contributed by atoms with Crippen LogP contribution in [0.2, 0.25) is 5.02 Å². The number of rotatable bonds is 6. The number of amides is 1. The van der Waals surface area contributed by atoms with Crippen LogP contribution in [0.4, 0.5) is 5.69 Å². The van der Waals surface area contributed by atoms with Gasteiger partial charge in [0, 0.05) is 23.6 Å². The Labute approximate surface area is 154 Å². The van der Waals surface area contributed by atoms with Crippen LogP contribution in [-0.2, 0) is 0 Å². The van der Waals surface area contributed by atoms with Crippen molar-refractivity contribution < 1.29 is 9.72 Å². The number of benzene rings is 1. The third kappa shape index (κ3) is 4.18. The van der Waals surface area contributed by atoms with Gasteiger partial charge in [-0.2, -0.15) is 0 Å². The van der Waals surface area contributed by atoms with Gasteiger partial charge in [0.1, 0.15) is 0 Å². The third-order valence-electron chi connectivity index (χ3n) is 4.32. The van der Waals surface area contributed by atoms with Gasteiger partial charge in [-0.25, -0.2) is 0 Å². The molecule has 0 aliphatic carbocycles. The molecule has 2 aromatic rings. The molecule has 1 aromatic carbocycles. The van der Waals surface area contributed by atoms with Crippen LogP contribution in [0.5, 0.6) is 0 Å². The fourth-order valence-corrected chi connectivity index (χ4v) is 4.15. The summed E-state index contributed by atoms with van der Waals surface area (Å²) in [4.78, 5) is 26.3. The highest BCUT2D eigenvalue weighted by molar-refractivity contribution is 7.10. The number of thiophene rings is 1. The molecule has 0 radical (unpaired) electrons. The van der Waals surface area contributed by atoms with E-state index in [2.05, 4.69) is 16.3 Å². The molecule has 0 bridgehead atoms. The summed E-state index contributed by atoms with van der Waals surface area (Å²) in [6.07, 6.45) is 2.34. The van der Waals surface area contributed by atoms with E-state index < -0.39 is 4.92 Å². The molecular weight excluding hydrogens is 362 g/mol. The highest BCUT2D eigenvalue weighted by Crippen LogP contribution is 2.28. The first kappa shape index (κ1) is 17.8. The Morgan fingerprint density at radius 1 is 1.36 bits per heavy atom. The number of halogens is 1. The number of hydrogen-bond acceptors (Lipinski definition) is 5. The number of nitro benzene ring substituents is 1. The molecule has 1 amide bonds. The van der Waals surface area contributed by atoms with Crippen molar-refractivity contribution in [2.75, 3.05) is 19.6 Å². The predicted octanol–water partition coefficient (Wildman–Crippen LogP) is 3.88. The van der Waals surface area contributed by atoms with Crippen molar-refractivity contribution in [3.63, 3.8) is 0 Å².